The highest BCUT2D eigenvalue weighted by Gasteiger charge is 2.31. The number of carbonyl (C=O) groups is 4. The number of hydrogen-bond donors (Lipinski definition) is 8. The number of carbonyl (C=O) groups excluding carboxylic acids is 3. The van der Waals surface area contributed by atoms with Crippen LogP contribution in [0.2, 0.25) is 0 Å². The van der Waals surface area contributed by atoms with E-state index in [-0.39, 0.29) is 18.8 Å². The maximum absolute atomic E-state index is 12.9. The summed E-state index contributed by atoms with van der Waals surface area (Å²) in [5, 5.41) is 26.0. The van der Waals surface area contributed by atoms with Crippen LogP contribution in [0.15, 0.2) is 0 Å². The molecule has 0 rings (SSSR count). The number of aliphatic hydroxyl groups is 1. The van der Waals surface area contributed by atoms with Crippen molar-refractivity contribution in [1.29, 1.82) is 0 Å². The number of hydrogen-bond acceptors (Lipinski definition) is 8. The summed E-state index contributed by atoms with van der Waals surface area (Å²) in [6.07, 6.45) is 2.81. The SMILES string of the molecule is CC(C)C(NC(=O)C(CCCCN)NC(=O)C(N)CO)C(=O)NC(CCCCN)C(=O)O. The average Bonchev–Trinajstić information content (AvgIpc) is 2.74. The van der Waals surface area contributed by atoms with Crippen LogP contribution in [-0.4, -0.2) is 77.8 Å². The number of amides is 3. The number of nitrogens with one attached hydrogen (secondary N) is 3. The Bertz CT molecular complexity index is 603. The molecule has 0 bridgehead atoms. The first kappa shape index (κ1) is 29.7. The Morgan fingerprint density at radius 2 is 1.28 bits per heavy atom. The van der Waals surface area contributed by atoms with Crippen LogP contribution in [-0.2, 0) is 19.2 Å². The molecular formula is C20H40N6O6. The van der Waals surface area contributed by atoms with Gasteiger partial charge in [-0.3, -0.25) is 14.4 Å². The molecule has 0 fully saturated rings. The van der Waals surface area contributed by atoms with Gasteiger partial charge in [0.1, 0.15) is 24.2 Å². The van der Waals surface area contributed by atoms with Gasteiger partial charge in [0.05, 0.1) is 6.61 Å². The number of carboxylic acids is 1. The van der Waals surface area contributed by atoms with Gasteiger partial charge in [0.25, 0.3) is 0 Å². The lowest BCUT2D eigenvalue weighted by Gasteiger charge is -2.27. The van der Waals surface area contributed by atoms with E-state index in [1.165, 1.54) is 0 Å². The van der Waals surface area contributed by atoms with Crippen molar-refractivity contribution in [2.24, 2.45) is 23.1 Å². The lowest BCUT2D eigenvalue weighted by atomic mass is 10.0. The van der Waals surface area contributed by atoms with Crippen molar-refractivity contribution in [3.63, 3.8) is 0 Å². The maximum Gasteiger partial charge on any atom is 0.326 e. The predicted octanol–water partition coefficient (Wildman–Crippen LogP) is -2.24. The van der Waals surface area contributed by atoms with Gasteiger partial charge >= 0.3 is 5.97 Å². The predicted molar refractivity (Wildman–Crippen MR) is 119 cm³/mol. The molecule has 4 atom stereocenters. The minimum Gasteiger partial charge on any atom is -0.480 e. The molecule has 4 unspecified atom stereocenters. The Balaban J connectivity index is 5.30. The number of aliphatic hydroxyl groups excluding tert-OH is 1. The Labute approximate surface area is 189 Å². The lowest BCUT2D eigenvalue weighted by molar-refractivity contribution is -0.142. The van der Waals surface area contributed by atoms with E-state index in [1.807, 2.05) is 0 Å². The van der Waals surface area contributed by atoms with Crippen LogP contribution in [0.4, 0.5) is 0 Å². The van der Waals surface area contributed by atoms with Gasteiger partial charge in [0, 0.05) is 0 Å². The zero-order valence-corrected chi connectivity index (χ0v) is 19.0. The van der Waals surface area contributed by atoms with E-state index in [4.69, 9.17) is 22.3 Å². The van der Waals surface area contributed by atoms with E-state index in [0.29, 0.717) is 38.8 Å². The molecule has 12 nitrogen and oxygen atoms in total. The van der Waals surface area contributed by atoms with Crippen LogP contribution in [0.5, 0.6) is 0 Å². The van der Waals surface area contributed by atoms with Gasteiger partial charge in [-0.1, -0.05) is 13.8 Å². The molecule has 32 heavy (non-hydrogen) atoms. The summed E-state index contributed by atoms with van der Waals surface area (Å²) < 4.78 is 0. The quantitative estimate of drug-likeness (QED) is 0.110. The van der Waals surface area contributed by atoms with E-state index >= 15 is 0 Å². The molecule has 0 aromatic heterocycles. The molecule has 0 aromatic carbocycles. The van der Waals surface area contributed by atoms with Crippen molar-refractivity contribution in [3.05, 3.63) is 0 Å². The number of aliphatic carboxylic acids is 1. The highest BCUT2D eigenvalue weighted by atomic mass is 16.4. The Morgan fingerprint density at radius 3 is 1.72 bits per heavy atom. The second-order valence-electron chi connectivity index (χ2n) is 8.05. The smallest absolute Gasteiger partial charge is 0.326 e. The number of rotatable bonds is 17. The fraction of sp³-hybridized carbons (Fsp3) is 0.800. The van der Waals surface area contributed by atoms with Crippen LogP contribution < -0.4 is 33.2 Å². The first-order valence-electron chi connectivity index (χ1n) is 11.0. The largest absolute Gasteiger partial charge is 0.480 e. The minimum absolute atomic E-state index is 0.216. The topological polar surface area (TPSA) is 223 Å². The van der Waals surface area contributed by atoms with Crippen LogP contribution in [0.25, 0.3) is 0 Å². The van der Waals surface area contributed by atoms with Gasteiger partial charge in [0.15, 0.2) is 0 Å². The first-order chi connectivity index (χ1) is 15.1. The summed E-state index contributed by atoms with van der Waals surface area (Å²) in [4.78, 5) is 49.2. The highest BCUT2D eigenvalue weighted by molar-refractivity contribution is 5.94. The lowest BCUT2D eigenvalue weighted by Crippen LogP contribution is -2.58. The van der Waals surface area contributed by atoms with Gasteiger partial charge in [-0.05, 0) is 57.5 Å². The summed E-state index contributed by atoms with van der Waals surface area (Å²) in [5.74, 6) is -3.46. The summed E-state index contributed by atoms with van der Waals surface area (Å²) in [5.41, 5.74) is 16.4. The zero-order chi connectivity index (χ0) is 24.7. The van der Waals surface area contributed by atoms with Crippen LogP contribution in [0, 0.1) is 5.92 Å². The number of nitrogens with two attached hydrogens (primary N) is 3. The van der Waals surface area contributed by atoms with Crippen molar-refractivity contribution in [1.82, 2.24) is 16.0 Å². The molecule has 0 spiro atoms. The highest BCUT2D eigenvalue weighted by Crippen LogP contribution is 2.08. The standard InChI is InChI=1S/C20H40N6O6/c1-12(2)16(19(30)25-15(20(31)32)8-4-6-10-22)26-18(29)14(7-3-5-9-21)24-17(28)13(23)11-27/h12-16,27H,3-11,21-23H2,1-2H3,(H,24,28)(H,25,30)(H,26,29)(H,31,32). The Morgan fingerprint density at radius 1 is 0.781 bits per heavy atom. The van der Waals surface area contributed by atoms with Crippen molar-refractivity contribution >= 4 is 23.7 Å². The number of carboxylic acid groups (broad SMARTS) is 1. The molecule has 0 aliphatic rings. The summed E-state index contributed by atoms with van der Waals surface area (Å²) in [6, 6.07) is -4.29. The third-order valence-electron chi connectivity index (χ3n) is 4.92. The monoisotopic (exact) mass is 460 g/mol. The molecule has 12 heteroatoms. The molecule has 0 radical (unpaired) electrons. The Kier molecular flexibility index (Phi) is 15.2. The van der Waals surface area contributed by atoms with E-state index in [2.05, 4.69) is 16.0 Å². The minimum atomic E-state index is -1.19. The molecule has 0 saturated heterocycles. The second kappa shape index (κ2) is 16.4. The fourth-order valence-corrected chi connectivity index (χ4v) is 2.92. The van der Waals surface area contributed by atoms with Crippen LogP contribution in [0.3, 0.4) is 0 Å². The second-order valence-corrected chi connectivity index (χ2v) is 8.05. The van der Waals surface area contributed by atoms with E-state index in [9.17, 15) is 24.3 Å². The van der Waals surface area contributed by atoms with Crippen molar-refractivity contribution in [3.8, 4) is 0 Å². The van der Waals surface area contributed by atoms with Gasteiger partial charge in [-0.25, -0.2) is 4.79 Å². The third kappa shape index (κ3) is 11.4. The first-order valence-corrected chi connectivity index (χ1v) is 11.0. The normalized spacial score (nSPS) is 14.8. The molecule has 11 N–H and O–H groups in total. The molecule has 0 aliphatic heterocycles. The van der Waals surface area contributed by atoms with Gasteiger partial charge in [-0.2, -0.15) is 0 Å². The molecule has 0 heterocycles. The maximum atomic E-state index is 12.9. The van der Waals surface area contributed by atoms with E-state index in [1.54, 1.807) is 13.8 Å². The third-order valence-corrected chi connectivity index (χ3v) is 4.92. The molecule has 186 valence electrons. The average molecular weight is 461 g/mol. The molecule has 0 aromatic rings. The van der Waals surface area contributed by atoms with Gasteiger partial charge < -0.3 is 43.4 Å². The number of unbranched alkanes of at least 4 members (excludes halogenated alkanes) is 2. The summed E-state index contributed by atoms with van der Waals surface area (Å²) >= 11 is 0. The summed E-state index contributed by atoms with van der Waals surface area (Å²) in [6.45, 7) is 3.66. The van der Waals surface area contributed by atoms with Crippen molar-refractivity contribution in [2.45, 2.75) is 76.5 Å². The van der Waals surface area contributed by atoms with Gasteiger partial charge in [0.2, 0.25) is 17.7 Å². The summed E-state index contributed by atoms with van der Waals surface area (Å²) in [7, 11) is 0. The molecule has 0 saturated carbocycles. The fourth-order valence-electron chi connectivity index (χ4n) is 2.92. The van der Waals surface area contributed by atoms with Gasteiger partial charge in [-0.15, -0.1) is 0 Å². The van der Waals surface area contributed by atoms with E-state index in [0.717, 1.165) is 0 Å². The Hall–Kier alpha value is -2.28. The molecular weight excluding hydrogens is 420 g/mol. The van der Waals surface area contributed by atoms with Crippen molar-refractivity contribution in [2.75, 3.05) is 19.7 Å². The molecule has 3 amide bonds. The van der Waals surface area contributed by atoms with Crippen LogP contribution in [0.1, 0.15) is 52.4 Å². The zero-order valence-electron chi connectivity index (χ0n) is 19.0. The van der Waals surface area contributed by atoms with E-state index < -0.39 is 54.5 Å². The van der Waals surface area contributed by atoms with Crippen molar-refractivity contribution < 1.29 is 29.4 Å². The van der Waals surface area contributed by atoms with Crippen LogP contribution >= 0.6 is 0 Å². The molecule has 0 aliphatic carbocycles.